The molecule has 20 heavy (non-hydrogen) atoms. The number of hydrogen-bond donors (Lipinski definition) is 3. The molecule has 108 valence electrons. The summed E-state index contributed by atoms with van der Waals surface area (Å²) in [6.45, 7) is 5.92. The first-order chi connectivity index (χ1) is 9.52. The molecule has 0 aliphatic heterocycles. The summed E-state index contributed by atoms with van der Waals surface area (Å²) in [6.07, 6.45) is 1.66. The predicted molar refractivity (Wildman–Crippen MR) is 86.5 cm³/mol. The minimum atomic E-state index is -0.326. The van der Waals surface area contributed by atoms with Gasteiger partial charge in [-0.1, -0.05) is 22.0 Å². The third-order valence-corrected chi connectivity index (χ3v) is 3.36. The topological polar surface area (TPSA) is 62.4 Å². The molecule has 5 nitrogen and oxygen atoms in total. The largest absolute Gasteiger partial charge is 0.484 e. The molecule has 0 aliphatic rings. The van der Waals surface area contributed by atoms with E-state index < -0.39 is 0 Å². The Balaban J connectivity index is 2.30. The van der Waals surface area contributed by atoms with E-state index in [0.717, 1.165) is 10.0 Å². The maximum absolute atomic E-state index is 11.5. The molecule has 0 saturated carbocycles. The smallest absolute Gasteiger partial charge is 0.276 e. The third-order valence-electron chi connectivity index (χ3n) is 2.22. The van der Waals surface area contributed by atoms with Gasteiger partial charge in [0.05, 0.1) is 0 Å². The molecule has 1 aromatic rings. The van der Waals surface area contributed by atoms with Crippen LogP contribution in [0, 0.1) is 6.92 Å². The minimum Gasteiger partial charge on any atom is -0.484 e. The molecule has 1 rings (SSSR count). The fourth-order valence-corrected chi connectivity index (χ4v) is 1.61. The number of aryl methyl sites for hydroxylation is 1. The van der Waals surface area contributed by atoms with Gasteiger partial charge in [-0.15, -0.1) is 6.58 Å². The lowest BCUT2D eigenvalue weighted by atomic mass is 10.2. The fourth-order valence-electron chi connectivity index (χ4n) is 1.23. The minimum absolute atomic E-state index is 0.0991. The first-order valence-corrected chi connectivity index (χ1v) is 7.05. The zero-order valence-corrected chi connectivity index (χ0v) is 13.4. The van der Waals surface area contributed by atoms with Crippen molar-refractivity contribution in [2.45, 2.75) is 6.92 Å². The lowest BCUT2D eigenvalue weighted by Gasteiger charge is -2.11. The van der Waals surface area contributed by atoms with Crippen LogP contribution in [0.3, 0.4) is 0 Å². The summed E-state index contributed by atoms with van der Waals surface area (Å²) < 4.78 is 6.36. The fraction of sp³-hybridized carbons (Fsp3) is 0.231. The number of carbonyl (C=O) groups is 1. The van der Waals surface area contributed by atoms with E-state index in [9.17, 15) is 4.79 Å². The van der Waals surface area contributed by atoms with Crippen LogP contribution in [0.1, 0.15) is 5.56 Å². The number of carbonyl (C=O) groups excluding carboxylic acids is 1. The predicted octanol–water partition coefficient (Wildman–Crippen LogP) is 1.82. The number of ether oxygens (including phenoxy) is 1. The highest BCUT2D eigenvalue weighted by Gasteiger charge is 2.04. The van der Waals surface area contributed by atoms with Crippen molar-refractivity contribution in [2.75, 3.05) is 13.2 Å². The van der Waals surface area contributed by atoms with Crippen LogP contribution < -0.4 is 20.9 Å². The Hall–Kier alpha value is -1.60. The summed E-state index contributed by atoms with van der Waals surface area (Å²) >= 11 is 8.31. The van der Waals surface area contributed by atoms with Gasteiger partial charge in [-0.3, -0.25) is 15.6 Å². The standard InChI is InChI=1S/C13H16BrN3O2S/c1-3-6-15-13(20)17-16-12(18)8-19-10-4-5-11(14)9(2)7-10/h3-5,7H,1,6,8H2,2H3,(H,16,18)(H2,15,17,20). The van der Waals surface area contributed by atoms with Crippen molar-refractivity contribution in [2.24, 2.45) is 0 Å². The van der Waals surface area contributed by atoms with Crippen LogP contribution in [0.4, 0.5) is 0 Å². The number of amides is 1. The van der Waals surface area contributed by atoms with Crippen molar-refractivity contribution in [1.82, 2.24) is 16.2 Å². The molecule has 1 amide bonds. The SMILES string of the molecule is C=CCNC(=S)NNC(=O)COc1ccc(Br)c(C)c1. The Morgan fingerprint density at radius 3 is 2.90 bits per heavy atom. The molecule has 0 aromatic heterocycles. The quantitative estimate of drug-likeness (QED) is 0.426. The average molecular weight is 358 g/mol. The maximum atomic E-state index is 11.5. The van der Waals surface area contributed by atoms with Crippen LogP contribution in [-0.2, 0) is 4.79 Å². The van der Waals surface area contributed by atoms with Gasteiger partial charge in [-0.2, -0.15) is 0 Å². The monoisotopic (exact) mass is 357 g/mol. The Labute approximate surface area is 131 Å². The summed E-state index contributed by atoms with van der Waals surface area (Å²) in [5.41, 5.74) is 6.02. The van der Waals surface area contributed by atoms with E-state index in [1.54, 1.807) is 12.1 Å². The average Bonchev–Trinajstić information content (AvgIpc) is 2.44. The van der Waals surface area contributed by atoms with Gasteiger partial charge >= 0.3 is 0 Å². The molecule has 0 bridgehead atoms. The number of hydrogen-bond acceptors (Lipinski definition) is 3. The van der Waals surface area contributed by atoms with Crippen molar-refractivity contribution in [3.05, 3.63) is 40.9 Å². The molecule has 0 unspecified atom stereocenters. The highest BCUT2D eigenvalue weighted by Crippen LogP contribution is 2.21. The molecule has 0 saturated heterocycles. The van der Waals surface area contributed by atoms with Gasteiger partial charge in [0.2, 0.25) is 0 Å². The lowest BCUT2D eigenvalue weighted by Crippen LogP contribution is -2.48. The Bertz CT molecular complexity index is 508. The normalized spacial score (nSPS) is 9.50. The summed E-state index contributed by atoms with van der Waals surface area (Å²) in [4.78, 5) is 11.5. The van der Waals surface area contributed by atoms with Crippen LogP contribution in [0.2, 0.25) is 0 Å². The number of nitrogens with one attached hydrogen (secondary N) is 3. The van der Waals surface area contributed by atoms with Gasteiger partial charge in [-0.05, 0) is 42.9 Å². The van der Waals surface area contributed by atoms with E-state index in [4.69, 9.17) is 17.0 Å². The van der Waals surface area contributed by atoms with Crippen molar-refractivity contribution in [1.29, 1.82) is 0 Å². The van der Waals surface area contributed by atoms with Crippen LogP contribution in [0.15, 0.2) is 35.3 Å². The maximum Gasteiger partial charge on any atom is 0.276 e. The van der Waals surface area contributed by atoms with Gasteiger partial charge in [0.15, 0.2) is 11.7 Å². The van der Waals surface area contributed by atoms with E-state index in [1.165, 1.54) is 0 Å². The number of thiocarbonyl (C=S) groups is 1. The molecule has 0 spiro atoms. The number of hydrazine groups is 1. The van der Waals surface area contributed by atoms with E-state index in [0.29, 0.717) is 17.4 Å². The van der Waals surface area contributed by atoms with E-state index in [-0.39, 0.29) is 12.5 Å². The van der Waals surface area contributed by atoms with E-state index >= 15 is 0 Å². The highest BCUT2D eigenvalue weighted by atomic mass is 79.9. The zero-order chi connectivity index (χ0) is 15.0. The van der Waals surface area contributed by atoms with Crippen LogP contribution in [-0.4, -0.2) is 24.2 Å². The lowest BCUT2D eigenvalue weighted by molar-refractivity contribution is -0.123. The molecule has 1 aromatic carbocycles. The molecule has 7 heteroatoms. The summed E-state index contributed by atoms with van der Waals surface area (Å²) in [5.74, 6) is 0.307. The summed E-state index contributed by atoms with van der Waals surface area (Å²) in [6, 6.07) is 5.50. The zero-order valence-electron chi connectivity index (χ0n) is 11.0. The Kier molecular flexibility index (Phi) is 7.03. The number of benzene rings is 1. The first-order valence-electron chi connectivity index (χ1n) is 5.85. The van der Waals surface area contributed by atoms with Crippen LogP contribution in [0.25, 0.3) is 0 Å². The number of halogens is 1. The van der Waals surface area contributed by atoms with Crippen molar-refractivity contribution in [3.63, 3.8) is 0 Å². The van der Waals surface area contributed by atoms with Crippen molar-refractivity contribution < 1.29 is 9.53 Å². The van der Waals surface area contributed by atoms with Crippen molar-refractivity contribution in [3.8, 4) is 5.75 Å². The molecule has 0 atom stereocenters. The molecule has 0 heterocycles. The first kappa shape index (κ1) is 16.5. The van der Waals surface area contributed by atoms with Crippen LogP contribution >= 0.6 is 28.1 Å². The molecule has 0 aliphatic carbocycles. The van der Waals surface area contributed by atoms with Gasteiger partial charge in [-0.25, -0.2) is 0 Å². The highest BCUT2D eigenvalue weighted by molar-refractivity contribution is 9.10. The van der Waals surface area contributed by atoms with Gasteiger partial charge in [0, 0.05) is 11.0 Å². The molecule has 0 radical (unpaired) electrons. The second-order valence-corrected chi connectivity index (χ2v) is 5.13. The van der Waals surface area contributed by atoms with Gasteiger partial charge in [0.25, 0.3) is 5.91 Å². The van der Waals surface area contributed by atoms with Gasteiger partial charge in [0.1, 0.15) is 5.75 Å². The summed E-state index contributed by atoms with van der Waals surface area (Å²) in [7, 11) is 0. The third kappa shape index (κ3) is 6.03. The molecule has 0 fully saturated rings. The molecular weight excluding hydrogens is 342 g/mol. The second-order valence-electron chi connectivity index (χ2n) is 3.87. The number of rotatable bonds is 5. The van der Waals surface area contributed by atoms with Crippen LogP contribution in [0.5, 0.6) is 5.75 Å². The van der Waals surface area contributed by atoms with Crippen molar-refractivity contribution >= 4 is 39.2 Å². The Morgan fingerprint density at radius 1 is 1.50 bits per heavy atom. The Morgan fingerprint density at radius 2 is 2.25 bits per heavy atom. The van der Waals surface area contributed by atoms with E-state index in [1.807, 2.05) is 19.1 Å². The van der Waals surface area contributed by atoms with Gasteiger partial charge < -0.3 is 10.1 Å². The molecule has 3 N–H and O–H groups in total. The summed E-state index contributed by atoms with van der Waals surface area (Å²) in [5, 5.41) is 3.13. The molecular formula is C13H16BrN3O2S. The second kappa shape index (κ2) is 8.55. The van der Waals surface area contributed by atoms with E-state index in [2.05, 4.69) is 38.7 Å².